The molecular weight excluding hydrogens is 366 g/mol. The highest BCUT2D eigenvalue weighted by molar-refractivity contribution is 5.92. The van der Waals surface area contributed by atoms with Crippen molar-refractivity contribution >= 4 is 33.8 Å². The number of aromatic carboxylic acids is 1. The van der Waals surface area contributed by atoms with Crippen molar-refractivity contribution in [3.63, 3.8) is 0 Å². The predicted molar refractivity (Wildman–Crippen MR) is 111 cm³/mol. The van der Waals surface area contributed by atoms with Crippen LogP contribution in [0.4, 0.5) is 11.4 Å². The van der Waals surface area contributed by atoms with Crippen LogP contribution in [0.3, 0.4) is 0 Å². The van der Waals surface area contributed by atoms with Gasteiger partial charge in [-0.1, -0.05) is 30.3 Å². The first kappa shape index (κ1) is 17.0. The molecule has 7 heteroatoms. The average molecular weight is 383 g/mol. The van der Waals surface area contributed by atoms with E-state index >= 15 is 0 Å². The molecule has 3 aromatic heterocycles. The van der Waals surface area contributed by atoms with Gasteiger partial charge in [0.1, 0.15) is 0 Å². The van der Waals surface area contributed by atoms with E-state index in [9.17, 15) is 9.90 Å². The van der Waals surface area contributed by atoms with Crippen LogP contribution in [0.5, 0.6) is 0 Å². The maximum Gasteiger partial charge on any atom is 0.337 e. The van der Waals surface area contributed by atoms with Crippen LogP contribution in [0, 0.1) is 0 Å². The summed E-state index contributed by atoms with van der Waals surface area (Å²) in [5, 5.41) is 22.3. The molecule has 2 N–H and O–H groups in total. The maximum atomic E-state index is 11.2. The molecule has 142 valence electrons. The third-order valence-corrected chi connectivity index (χ3v) is 4.85. The number of aromatic nitrogens is 4. The summed E-state index contributed by atoms with van der Waals surface area (Å²) < 4.78 is 3.54. The van der Waals surface area contributed by atoms with Crippen molar-refractivity contribution < 1.29 is 9.90 Å². The molecule has 0 unspecified atom stereocenters. The summed E-state index contributed by atoms with van der Waals surface area (Å²) in [6, 6.07) is 19.7. The van der Waals surface area contributed by atoms with E-state index in [2.05, 4.69) is 27.6 Å². The molecule has 0 aliphatic heterocycles. The molecule has 0 amide bonds. The van der Waals surface area contributed by atoms with Gasteiger partial charge in [0.15, 0.2) is 0 Å². The van der Waals surface area contributed by atoms with Crippen molar-refractivity contribution in [2.45, 2.75) is 6.54 Å². The first-order valence-corrected chi connectivity index (χ1v) is 9.14. The standard InChI is InChI=1S/C22H17N5O2/c28-22(29)17-11-21-19(8-9-23-27(21)14-17)25-18-6-7-20-16(10-18)12-24-26(20)13-15-4-2-1-3-5-15/h1-12,14,25H,13H2,(H,28,29). The predicted octanol–water partition coefficient (Wildman–Crippen LogP) is 4.17. The van der Waals surface area contributed by atoms with Gasteiger partial charge in [0, 0.05) is 23.5 Å². The second-order valence-corrected chi connectivity index (χ2v) is 6.80. The Bertz CT molecular complexity index is 1340. The van der Waals surface area contributed by atoms with Gasteiger partial charge in [-0.2, -0.15) is 10.2 Å². The van der Waals surface area contributed by atoms with Crippen molar-refractivity contribution in [3.8, 4) is 0 Å². The number of carbonyl (C=O) groups is 1. The van der Waals surface area contributed by atoms with Crippen LogP contribution in [-0.4, -0.2) is 30.5 Å². The van der Waals surface area contributed by atoms with E-state index in [-0.39, 0.29) is 5.56 Å². The number of hydrogen-bond acceptors (Lipinski definition) is 4. The minimum absolute atomic E-state index is 0.199. The smallest absolute Gasteiger partial charge is 0.337 e. The number of nitrogens with zero attached hydrogens (tertiary/aromatic N) is 4. The SMILES string of the molecule is O=C(O)c1cc2c(Nc3ccc4c(cnn4Cc4ccccc4)c3)ccnn2c1. The second-order valence-electron chi connectivity index (χ2n) is 6.80. The van der Waals surface area contributed by atoms with Gasteiger partial charge in [0.05, 0.1) is 35.0 Å². The van der Waals surface area contributed by atoms with Crippen LogP contribution in [-0.2, 0) is 6.54 Å². The molecule has 3 heterocycles. The normalized spacial score (nSPS) is 11.2. The molecule has 0 saturated heterocycles. The zero-order valence-corrected chi connectivity index (χ0v) is 15.4. The summed E-state index contributed by atoms with van der Waals surface area (Å²) in [6.45, 7) is 0.713. The van der Waals surface area contributed by atoms with Crippen molar-refractivity contribution in [3.05, 3.63) is 90.4 Å². The molecule has 2 aromatic carbocycles. The first-order valence-electron chi connectivity index (χ1n) is 9.14. The van der Waals surface area contributed by atoms with E-state index in [1.54, 1.807) is 16.8 Å². The van der Waals surface area contributed by atoms with Crippen LogP contribution < -0.4 is 5.32 Å². The van der Waals surface area contributed by atoms with Crippen molar-refractivity contribution in [2.24, 2.45) is 0 Å². The Morgan fingerprint density at radius 3 is 2.69 bits per heavy atom. The minimum Gasteiger partial charge on any atom is -0.478 e. The fourth-order valence-electron chi connectivity index (χ4n) is 3.44. The van der Waals surface area contributed by atoms with Crippen LogP contribution >= 0.6 is 0 Å². The van der Waals surface area contributed by atoms with Crippen LogP contribution in [0.2, 0.25) is 0 Å². The lowest BCUT2D eigenvalue weighted by atomic mass is 10.2. The quantitative estimate of drug-likeness (QED) is 0.476. The van der Waals surface area contributed by atoms with Crippen molar-refractivity contribution in [2.75, 3.05) is 5.32 Å². The van der Waals surface area contributed by atoms with Gasteiger partial charge >= 0.3 is 5.97 Å². The number of carboxylic acid groups (broad SMARTS) is 1. The average Bonchev–Trinajstić information content (AvgIpc) is 3.34. The monoisotopic (exact) mass is 383 g/mol. The van der Waals surface area contributed by atoms with Crippen molar-refractivity contribution in [1.82, 2.24) is 19.4 Å². The Morgan fingerprint density at radius 2 is 1.86 bits per heavy atom. The van der Waals surface area contributed by atoms with E-state index in [0.29, 0.717) is 12.1 Å². The molecule has 5 rings (SSSR count). The molecule has 0 bridgehead atoms. The summed E-state index contributed by atoms with van der Waals surface area (Å²) in [5.41, 5.74) is 4.82. The van der Waals surface area contributed by atoms with E-state index in [1.165, 1.54) is 11.8 Å². The Kier molecular flexibility index (Phi) is 3.98. The summed E-state index contributed by atoms with van der Waals surface area (Å²) in [6.07, 6.45) is 4.99. The highest BCUT2D eigenvalue weighted by Crippen LogP contribution is 2.26. The van der Waals surface area contributed by atoms with Gasteiger partial charge in [0.2, 0.25) is 0 Å². The van der Waals surface area contributed by atoms with Gasteiger partial charge in [-0.05, 0) is 35.9 Å². The van der Waals surface area contributed by atoms with E-state index < -0.39 is 5.97 Å². The molecule has 5 aromatic rings. The number of anilines is 2. The van der Waals surface area contributed by atoms with Gasteiger partial charge in [0.25, 0.3) is 0 Å². The number of benzene rings is 2. The number of carboxylic acids is 1. The van der Waals surface area contributed by atoms with Crippen LogP contribution in [0.15, 0.2) is 79.3 Å². The lowest BCUT2D eigenvalue weighted by Gasteiger charge is -2.09. The molecule has 0 saturated carbocycles. The first-order chi connectivity index (χ1) is 14.2. The number of nitrogens with one attached hydrogen (secondary N) is 1. The highest BCUT2D eigenvalue weighted by Gasteiger charge is 2.11. The van der Waals surface area contributed by atoms with Gasteiger partial charge in [-0.15, -0.1) is 0 Å². The highest BCUT2D eigenvalue weighted by atomic mass is 16.4. The van der Waals surface area contributed by atoms with E-state index in [0.717, 1.165) is 22.3 Å². The third-order valence-electron chi connectivity index (χ3n) is 4.85. The van der Waals surface area contributed by atoms with Gasteiger partial charge in [-0.3, -0.25) is 4.68 Å². The summed E-state index contributed by atoms with van der Waals surface area (Å²) in [5.74, 6) is -0.978. The second kappa shape index (κ2) is 6.79. The molecule has 0 spiro atoms. The molecule has 0 aliphatic rings. The zero-order valence-electron chi connectivity index (χ0n) is 15.4. The molecule has 29 heavy (non-hydrogen) atoms. The number of hydrogen-bond donors (Lipinski definition) is 2. The summed E-state index contributed by atoms with van der Waals surface area (Å²) in [7, 11) is 0. The lowest BCUT2D eigenvalue weighted by Crippen LogP contribution is -2.01. The Hall–Kier alpha value is -4.13. The largest absolute Gasteiger partial charge is 0.478 e. The third kappa shape index (κ3) is 3.19. The summed E-state index contributed by atoms with van der Waals surface area (Å²) in [4.78, 5) is 11.2. The number of rotatable bonds is 5. The number of fused-ring (bicyclic) bond motifs is 2. The Morgan fingerprint density at radius 1 is 1.00 bits per heavy atom. The van der Waals surface area contributed by atoms with E-state index in [1.807, 2.05) is 53.3 Å². The Labute approximate surface area is 165 Å². The Balaban J connectivity index is 1.46. The van der Waals surface area contributed by atoms with Crippen LogP contribution in [0.1, 0.15) is 15.9 Å². The molecule has 0 atom stereocenters. The molecule has 0 fully saturated rings. The molecule has 0 aliphatic carbocycles. The van der Waals surface area contributed by atoms with Crippen molar-refractivity contribution in [1.29, 1.82) is 0 Å². The topological polar surface area (TPSA) is 84.5 Å². The van der Waals surface area contributed by atoms with Gasteiger partial charge < -0.3 is 10.4 Å². The molecular formula is C22H17N5O2. The fraction of sp³-hybridized carbons (Fsp3) is 0.0455. The molecule has 7 nitrogen and oxygen atoms in total. The van der Waals surface area contributed by atoms with E-state index in [4.69, 9.17) is 0 Å². The zero-order chi connectivity index (χ0) is 19.8. The fourth-order valence-corrected chi connectivity index (χ4v) is 3.44. The van der Waals surface area contributed by atoms with Gasteiger partial charge in [-0.25, -0.2) is 9.31 Å². The molecule has 0 radical (unpaired) electrons. The minimum atomic E-state index is -0.978. The maximum absolute atomic E-state index is 11.2. The van der Waals surface area contributed by atoms with Crippen LogP contribution in [0.25, 0.3) is 16.4 Å². The summed E-state index contributed by atoms with van der Waals surface area (Å²) >= 11 is 0. The lowest BCUT2D eigenvalue weighted by molar-refractivity contribution is 0.0697.